The van der Waals surface area contributed by atoms with E-state index >= 15 is 0 Å². The molecule has 0 aliphatic carbocycles. The second-order valence-electron chi connectivity index (χ2n) is 11.1. The number of hydrogen-bond acceptors (Lipinski definition) is 9. The van der Waals surface area contributed by atoms with Crippen LogP contribution in [0.2, 0.25) is 0 Å². The van der Waals surface area contributed by atoms with E-state index in [1.807, 2.05) is 30.3 Å². The van der Waals surface area contributed by atoms with Gasteiger partial charge in [0.05, 0.1) is 6.61 Å². The Hall–Kier alpha value is -3.36. The molecule has 13 heteroatoms. The zero-order chi connectivity index (χ0) is 33.0. The van der Waals surface area contributed by atoms with Crippen LogP contribution >= 0.6 is 0 Å². The summed E-state index contributed by atoms with van der Waals surface area (Å²) in [4.78, 5) is 48.4. The van der Waals surface area contributed by atoms with Gasteiger partial charge >= 0.3 is 0 Å². The quantitative estimate of drug-likeness (QED) is 0.0731. The van der Waals surface area contributed by atoms with Crippen molar-refractivity contribution < 1.29 is 44.0 Å². The molecule has 1 aliphatic heterocycles. The zero-order valence-electron chi connectivity index (χ0n) is 26.1. The highest BCUT2D eigenvalue weighted by atomic mass is 16.7. The molecule has 0 unspecified atom stereocenters. The third kappa shape index (κ3) is 14.5. The molecule has 45 heavy (non-hydrogen) atoms. The first kappa shape index (κ1) is 37.8. The summed E-state index contributed by atoms with van der Waals surface area (Å²) in [6, 6.07) is 7.81. The van der Waals surface area contributed by atoms with E-state index in [9.17, 15) is 34.5 Å². The van der Waals surface area contributed by atoms with Crippen LogP contribution in [-0.4, -0.2) is 102 Å². The summed E-state index contributed by atoms with van der Waals surface area (Å²) in [5.74, 6) is -1.08. The van der Waals surface area contributed by atoms with Crippen molar-refractivity contribution in [2.75, 3.05) is 26.3 Å². The highest BCUT2D eigenvalue weighted by Gasteiger charge is 2.45. The Labute approximate surface area is 265 Å². The Morgan fingerprint density at radius 1 is 0.956 bits per heavy atom. The lowest BCUT2D eigenvalue weighted by Gasteiger charge is -2.42. The first-order chi connectivity index (χ1) is 21.7. The number of benzene rings is 1. The molecule has 0 saturated carbocycles. The molecule has 1 heterocycles. The molecule has 0 radical (unpaired) electrons. The van der Waals surface area contributed by atoms with Gasteiger partial charge < -0.3 is 46.1 Å². The molecule has 1 aliphatic rings. The molecular weight excluding hydrogens is 584 g/mol. The van der Waals surface area contributed by atoms with Gasteiger partial charge in [0.15, 0.2) is 6.29 Å². The van der Waals surface area contributed by atoms with Gasteiger partial charge in [-0.25, -0.2) is 0 Å². The van der Waals surface area contributed by atoms with Gasteiger partial charge in [0, 0.05) is 39.5 Å². The molecule has 13 nitrogen and oxygen atoms in total. The highest BCUT2D eigenvalue weighted by Crippen LogP contribution is 2.22. The molecule has 1 fully saturated rings. The summed E-state index contributed by atoms with van der Waals surface area (Å²) in [5, 5.41) is 40.9. The van der Waals surface area contributed by atoms with Crippen LogP contribution in [0.25, 0.3) is 0 Å². The van der Waals surface area contributed by atoms with Gasteiger partial charge in [0.25, 0.3) is 0 Å². The molecule has 7 N–H and O–H groups in total. The fourth-order valence-electron chi connectivity index (χ4n) is 4.92. The van der Waals surface area contributed by atoms with E-state index in [0.29, 0.717) is 38.8 Å². The second-order valence-corrected chi connectivity index (χ2v) is 11.1. The average Bonchev–Trinajstić information content (AvgIpc) is 3.02. The van der Waals surface area contributed by atoms with Crippen LogP contribution in [0.15, 0.2) is 43.0 Å². The normalized spacial score (nSPS) is 21.7. The van der Waals surface area contributed by atoms with Gasteiger partial charge in [0.2, 0.25) is 23.6 Å². The summed E-state index contributed by atoms with van der Waals surface area (Å²) >= 11 is 0. The Bertz CT molecular complexity index is 1060. The number of carbonyl (C=O) groups excluding carboxylic acids is 4. The second kappa shape index (κ2) is 21.4. The largest absolute Gasteiger partial charge is 0.394 e. The van der Waals surface area contributed by atoms with Crippen LogP contribution in [0, 0.1) is 0 Å². The lowest BCUT2D eigenvalue weighted by Crippen LogP contribution is -2.64. The summed E-state index contributed by atoms with van der Waals surface area (Å²) in [7, 11) is 0. The van der Waals surface area contributed by atoms with Crippen molar-refractivity contribution in [3.05, 3.63) is 48.6 Å². The van der Waals surface area contributed by atoms with Crippen molar-refractivity contribution in [2.45, 2.75) is 101 Å². The van der Waals surface area contributed by atoms with Gasteiger partial charge in [-0.2, -0.15) is 0 Å². The van der Waals surface area contributed by atoms with E-state index < -0.39 is 49.2 Å². The van der Waals surface area contributed by atoms with E-state index in [0.717, 1.165) is 31.2 Å². The lowest BCUT2D eigenvalue weighted by molar-refractivity contribution is -0.270. The van der Waals surface area contributed by atoms with Gasteiger partial charge in [-0.05, 0) is 37.3 Å². The van der Waals surface area contributed by atoms with Crippen molar-refractivity contribution in [1.82, 2.24) is 21.3 Å². The molecule has 1 aromatic carbocycles. The number of ether oxygens (including phenoxy) is 2. The van der Waals surface area contributed by atoms with Crippen LogP contribution in [-0.2, 0) is 35.1 Å². The lowest BCUT2D eigenvalue weighted by atomic mass is 9.97. The Morgan fingerprint density at radius 3 is 2.29 bits per heavy atom. The topological polar surface area (TPSA) is 196 Å². The Balaban J connectivity index is 1.71. The van der Waals surface area contributed by atoms with Gasteiger partial charge in [-0.3, -0.25) is 19.2 Å². The molecule has 2 rings (SSSR count). The summed E-state index contributed by atoms with van der Waals surface area (Å²) < 4.78 is 11.3. The van der Waals surface area contributed by atoms with Crippen molar-refractivity contribution in [1.29, 1.82) is 0 Å². The number of hydrogen-bond donors (Lipinski definition) is 7. The average molecular weight is 635 g/mol. The minimum atomic E-state index is -1.36. The number of carbonyl (C=O) groups is 4. The van der Waals surface area contributed by atoms with Crippen LogP contribution in [0.4, 0.5) is 0 Å². The smallest absolute Gasteiger partial charge is 0.243 e. The van der Waals surface area contributed by atoms with E-state index in [4.69, 9.17) is 9.47 Å². The highest BCUT2D eigenvalue weighted by molar-refractivity contribution is 5.88. The molecule has 252 valence electrons. The van der Waals surface area contributed by atoms with Crippen LogP contribution in [0.5, 0.6) is 0 Å². The van der Waals surface area contributed by atoms with Crippen LogP contribution < -0.4 is 21.3 Å². The molecule has 0 aromatic heterocycles. The third-order valence-corrected chi connectivity index (χ3v) is 7.40. The molecule has 4 amide bonds. The van der Waals surface area contributed by atoms with Crippen LogP contribution in [0.1, 0.15) is 63.9 Å². The number of nitrogens with one attached hydrogen (secondary N) is 4. The van der Waals surface area contributed by atoms with Crippen molar-refractivity contribution >= 4 is 23.6 Å². The molecule has 1 saturated heterocycles. The minimum absolute atomic E-state index is 0.198. The fourth-order valence-corrected chi connectivity index (χ4v) is 4.92. The number of aliphatic hydroxyl groups is 3. The number of unbranched alkanes of at least 4 members (excludes halogenated alkanes) is 5. The minimum Gasteiger partial charge on any atom is -0.394 e. The molecule has 1 aromatic rings. The molecular formula is C32H50N4O9. The molecule has 0 bridgehead atoms. The van der Waals surface area contributed by atoms with Crippen molar-refractivity contribution in [3.63, 3.8) is 0 Å². The monoisotopic (exact) mass is 634 g/mol. The number of amides is 4. The first-order valence-corrected chi connectivity index (χ1v) is 15.7. The predicted octanol–water partition coefficient (Wildman–Crippen LogP) is 0.213. The Morgan fingerprint density at radius 2 is 1.62 bits per heavy atom. The third-order valence-electron chi connectivity index (χ3n) is 7.40. The molecule has 0 spiro atoms. The van der Waals surface area contributed by atoms with Gasteiger partial charge in [0.1, 0.15) is 30.4 Å². The first-order valence-electron chi connectivity index (χ1n) is 15.7. The number of rotatable bonds is 21. The fraction of sp³-hybridized carbons (Fsp3) is 0.625. The Kier molecular flexibility index (Phi) is 18.0. The van der Waals surface area contributed by atoms with Crippen LogP contribution in [0.3, 0.4) is 0 Å². The maximum absolute atomic E-state index is 13.0. The standard InChI is InChI=1S/C32H50N4O9/c1-3-26(39)33-17-12-7-10-16-27(40)36-24(20-23-14-8-6-9-15-23)31(43)34-18-11-4-5-13-19-44-32-28(35-22(2)38)30(42)29(41)25(21-37)45-32/h3,6,8-9,14-15,24-25,28-30,32,37,41-42H,1,4-5,7,10-13,16-21H2,2H3,(H,33,39)(H,34,43)(H,35,38)(H,36,40)/t24-,25+,28+,29+,30+,32+/m0/s1. The van der Waals surface area contributed by atoms with E-state index in [2.05, 4.69) is 27.8 Å². The maximum Gasteiger partial charge on any atom is 0.243 e. The summed E-state index contributed by atoms with van der Waals surface area (Å²) in [6.07, 6.45) is 2.20. The van der Waals surface area contributed by atoms with E-state index in [1.54, 1.807) is 0 Å². The van der Waals surface area contributed by atoms with Crippen molar-refractivity contribution in [3.8, 4) is 0 Å². The van der Waals surface area contributed by atoms with Gasteiger partial charge in [-0.1, -0.05) is 56.2 Å². The predicted molar refractivity (Wildman–Crippen MR) is 167 cm³/mol. The SMILES string of the molecule is C=CC(=O)NCCCCCC(=O)N[C@@H](Cc1ccccc1)C(=O)NCCCCCCO[C@@H]1O[C@H](CO)[C@@H](O)[C@H](O)[C@H]1NC(C)=O. The zero-order valence-corrected chi connectivity index (χ0v) is 26.1. The molecule has 6 atom stereocenters. The van der Waals surface area contributed by atoms with Gasteiger partial charge in [-0.15, -0.1) is 0 Å². The van der Waals surface area contributed by atoms with E-state index in [1.165, 1.54) is 13.0 Å². The van der Waals surface area contributed by atoms with Crippen molar-refractivity contribution in [2.24, 2.45) is 0 Å². The number of aliphatic hydroxyl groups excluding tert-OH is 3. The summed E-state index contributed by atoms with van der Waals surface area (Å²) in [5.41, 5.74) is 0.936. The maximum atomic E-state index is 13.0. The van der Waals surface area contributed by atoms with E-state index in [-0.39, 0.29) is 30.7 Å². The summed E-state index contributed by atoms with van der Waals surface area (Å²) in [6.45, 7) is 5.41.